The number of carbonyl (C=O) groups is 1. The highest BCUT2D eigenvalue weighted by molar-refractivity contribution is 5.72. The molecule has 4 rings (SSSR count). The second-order valence-corrected chi connectivity index (χ2v) is 7.88. The van der Waals surface area contributed by atoms with Crippen molar-refractivity contribution in [3.05, 3.63) is 120 Å². The van der Waals surface area contributed by atoms with Gasteiger partial charge in [0, 0.05) is 12.3 Å². The van der Waals surface area contributed by atoms with Gasteiger partial charge in [0.05, 0.1) is 7.11 Å². The fraction of sp³-hybridized carbons (Fsp3) is 0.138. The molecule has 32 heavy (non-hydrogen) atoms. The van der Waals surface area contributed by atoms with Gasteiger partial charge in [0.1, 0.15) is 11.5 Å². The van der Waals surface area contributed by atoms with Gasteiger partial charge < -0.3 is 9.47 Å². The van der Waals surface area contributed by atoms with Crippen molar-refractivity contribution < 1.29 is 14.3 Å². The van der Waals surface area contributed by atoms with E-state index in [9.17, 15) is 4.79 Å². The molecule has 0 aliphatic rings. The van der Waals surface area contributed by atoms with Gasteiger partial charge in [0.25, 0.3) is 0 Å². The Hall–Kier alpha value is -3.85. The van der Waals surface area contributed by atoms with Crippen LogP contribution < -0.4 is 9.47 Å². The van der Waals surface area contributed by atoms with E-state index in [2.05, 4.69) is 67.6 Å². The third kappa shape index (κ3) is 4.15. The Morgan fingerprint density at radius 1 is 0.688 bits per heavy atom. The van der Waals surface area contributed by atoms with Crippen molar-refractivity contribution in [2.45, 2.75) is 19.3 Å². The molecule has 0 amide bonds. The predicted octanol–water partition coefficient (Wildman–Crippen LogP) is 6.64. The number of methoxy groups -OCH3 is 1. The SMILES string of the molecule is COc1ccc(C(C)(c2ccc(OC(C)=O)cc2)c2ccccc2-c2ccccc2)cc1. The van der Waals surface area contributed by atoms with Crippen molar-refractivity contribution in [2.75, 3.05) is 7.11 Å². The minimum Gasteiger partial charge on any atom is -0.497 e. The van der Waals surface area contributed by atoms with E-state index >= 15 is 0 Å². The molecular formula is C29H26O3. The molecule has 0 radical (unpaired) electrons. The van der Waals surface area contributed by atoms with E-state index in [0.29, 0.717) is 5.75 Å². The number of hydrogen-bond acceptors (Lipinski definition) is 3. The maximum Gasteiger partial charge on any atom is 0.308 e. The Kier molecular flexibility index (Phi) is 6.09. The molecule has 160 valence electrons. The van der Waals surface area contributed by atoms with Gasteiger partial charge in [0.2, 0.25) is 0 Å². The molecule has 0 aliphatic heterocycles. The zero-order valence-electron chi connectivity index (χ0n) is 18.5. The van der Waals surface area contributed by atoms with Crippen LogP contribution in [-0.4, -0.2) is 13.1 Å². The van der Waals surface area contributed by atoms with E-state index in [1.807, 2.05) is 42.5 Å². The van der Waals surface area contributed by atoms with Crippen molar-refractivity contribution in [1.82, 2.24) is 0 Å². The van der Waals surface area contributed by atoms with Crippen molar-refractivity contribution in [3.63, 3.8) is 0 Å². The van der Waals surface area contributed by atoms with Gasteiger partial charge in [-0.25, -0.2) is 0 Å². The quantitative estimate of drug-likeness (QED) is 0.198. The molecular weight excluding hydrogens is 396 g/mol. The highest BCUT2D eigenvalue weighted by atomic mass is 16.5. The van der Waals surface area contributed by atoms with Crippen LogP contribution in [0.3, 0.4) is 0 Å². The predicted molar refractivity (Wildman–Crippen MR) is 128 cm³/mol. The van der Waals surface area contributed by atoms with Gasteiger partial charge in [-0.05, 0) is 59.0 Å². The highest BCUT2D eigenvalue weighted by Crippen LogP contribution is 2.44. The fourth-order valence-electron chi connectivity index (χ4n) is 4.21. The van der Waals surface area contributed by atoms with Crippen molar-refractivity contribution in [1.29, 1.82) is 0 Å². The van der Waals surface area contributed by atoms with Crippen LogP contribution in [0.5, 0.6) is 11.5 Å². The average Bonchev–Trinajstić information content (AvgIpc) is 2.84. The standard InChI is InChI=1S/C29H26O3/c1-21(30)32-26-19-15-24(16-20-26)29(2,23-13-17-25(31-3)18-14-23)28-12-8-7-11-27(28)22-9-5-4-6-10-22/h4-20H,1-3H3. The van der Waals surface area contributed by atoms with E-state index in [4.69, 9.17) is 9.47 Å². The Morgan fingerprint density at radius 2 is 1.22 bits per heavy atom. The number of carbonyl (C=O) groups excluding carboxylic acids is 1. The lowest BCUT2D eigenvalue weighted by molar-refractivity contribution is -0.131. The largest absolute Gasteiger partial charge is 0.497 e. The molecule has 4 aromatic carbocycles. The molecule has 0 N–H and O–H groups in total. The van der Waals surface area contributed by atoms with Crippen LogP contribution in [-0.2, 0) is 10.2 Å². The first-order chi connectivity index (χ1) is 15.5. The molecule has 0 bridgehead atoms. The molecule has 3 nitrogen and oxygen atoms in total. The minimum absolute atomic E-state index is 0.329. The number of ether oxygens (including phenoxy) is 2. The zero-order chi connectivity index (χ0) is 22.6. The van der Waals surface area contributed by atoms with Gasteiger partial charge >= 0.3 is 5.97 Å². The van der Waals surface area contributed by atoms with Crippen LogP contribution in [0.2, 0.25) is 0 Å². The van der Waals surface area contributed by atoms with E-state index in [-0.39, 0.29) is 5.97 Å². The summed E-state index contributed by atoms with van der Waals surface area (Å²) >= 11 is 0. The summed E-state index contributed by atoms with van der Waals surface area (Å²) in [4.78, 5) is 11.4. The van der Waals surface area contributed by atoms with Crippen LogP contribution in [0.15, 0.2) is 103 Å². The highest BCUT2D eigenvalue weighted by Gasteiger charge is 2.33. The smallest absolute Gasteiger partial charge is 0.308 e. The first-order valence-electron chi connectivity index (χ1n) is 10.6. The topological polar surface area (TPSA) is 35.5 Å². The number of benzene rings is 4. The second-order valence-electron chi connectivity index (χ2n) is 7.88. The van der Waals surface area contributed by atoms with Gasteiger partial charge in [0.15, 0.2) is 0 Å². The van der Waals surface area contributed by atoms with Crippen LogP contribution in [0.4, 0.5) is 0 Å². The third-order valence-corrected chi connectivity index (χ3v) is 5.91. The number of esters is 1. The Labute approximate surface area is 189 Å². The summed E-state index contributed by atoms with van der Waals surface area (Å²) in [5.74, 6) is 1.03. The van der Waals surface area contributed by atoms with Crippen LogP contribution in [0, 0.1) is 0 Å². The molecule has 0 saturated heterocycles. The van der Waals surface area contributed by atoms with E-state index < -0.39 is 5.41 Å². The fourth-order valence-corrected chi connectivity index (χ4v) is 4.21. The second kappa shape index (κ2) is 9.11. The van der Waals surface area contributed by atoms with Gasteiger partial charge in [-0.1, -0.05) is 78.9 Å². The molecule has 0 fully saturated rings. The Balaban J connectivity index is 1.92. The van der Waals surface area contributed by atoms with Crippen molar-refractivity contribution in [2.24, 2.45) is 0 Å². The summed E-state index contributed by atoms with van der Waals surface area (Å²) in [5.41, 5.74) is 5.32. The van der Waals surface area contributed by atoms with E-state index in [1.54, 1.807) is 7.11 Å². The number of rotatable bonds is 6. The molecule has 3 heteroatoms. The third-order valence-electron chi connectivity index (χ3n) is 5.91. The first kappa shape index (κ1) is 21.4. The van der Waals surface area contributed by atoms with Crippen LogP contribution in [0.25, 0.3) is 11.1 Å². The van der Waals surface area contributed by atoms with Gasteiger partial charge in [-0.15, -0.1) is 0 Å². The van der Waals surface area contributed by atoms with Crippen molar-refractivity contribution in [3.8, 4) is 22.6 Å². The summed E-state index contributed by atoms with van der Waals surface area (Å²) in [6.07, 6.45) is 0. The monoisotopic (exact) mass is 422 g/mol. The number of hydrogen-bond donors (Lipinski definition) is 0. The normalized spacial score (nSPS) is 12.6. The Morgan fingerprint density at radius 3 is 1.78 bits per heavy atom. The first-order valence-corrected chi connectivity index (χ1v) is 10.6. The van der Waals surface area contributed by atoms with Gasteiger partial charge in [-0.2, -0.15) is 0 Å². The maximum atomic E-state index is 11.4. The maximum absolute atomic E-state index is 11.4. The summed E-state index contributed by atoms with van der Waals surface area (Å²) in [5, 5.41) is 0. The lowest BCUT2D eigenvalue weighted by atomic mass is 9.69. The minimum atomic E-state index is -0.451. The molecule has 0 spiro atoms. The molecule has 0 heterocycles. The molecule has 0 aliphatic carbocycles. The summed E-state index contributed by atoms with van der Waals surface area (Å²) in [6, 6.07) is 34.9. The van der Waals surface area contributed by atoms with Crippen LogP contribution >= 0.6 is 0 Å². The molecule has 0 saturated carbocycles. The lowest BCUT2D eigenvalue weighted by Gasteiger charge is -2.34. The molecule has 0 aromatic heterocycles. The zero-order valence-corrected chi connectivity index (χ0v) is 18.5. The lowest BCUT2D eigenvalue weighted by Crippen LogP contribution is -2.26. The average molecular weight is 423 g/mol. The molecule has 1 atom stereocenters. The van der Waals surface area contributed by atoms with Gasteiger partial charge in [-0.3, -0.25) is 4.79 Å². The summed E-state index contributed by atoms with van der Waals surface area (Å²) in [6.45, 7) is 3.64. The molecule has 4 aromatic rings. The summed E-state index contributed by atoms with van der Waals surface area (Å²) < 4.78 is 10.7. The van der Waals surface area contributed by atoms with Crippen LogP contribution in [0.1, 0.15) is 30.5 Å². The summed E-state index contributed by atoms with van der Waals surface area (Å²) in [7, 11) is 1.67. The van der Waals surface area contributed by atoms with E-state index in [0.717, 1.165) is 16.9 Å². The van der Waals surface area contributed by atoms with Crippen molar-refractivity contribution >= 4 is 5.97 Å². The Bertz CT molecular complexity index is 1200. The van der Waals surface area contributed by atoms with E-state index in [1.165, 1.54) is 23.6 Å². The molecule has 1 unspecified atom stereocenters.